The summed E-state index contributed by atoms with van der Waals surface area (Å²) in [6.45, 7) is 8.64. The monoisotopic (exact) mass is 235 g/mol. The largest absolute Gasteiger partial charge is 0.448 e. The molecule has 2 heterocycles. The van der Waals surface area contributed by atoms with Crippen LogP contribution in [0.1, 0.15) is 39.2 Å². The van der Waals surface area contributed by atoms with Gasteiger partial charge in [-0.3, -0.25) is 4.98 Å². The molecule has 2 rings (SSSR count). The summed E-state index contributed by atoms with van der Waals surface area (Å²) in [6.07, 6.45) is 1.94. The number of fused-ring (bicyclic) bond motifs is 1. The summed E-state index contributed by atoms with van der Waals surface area (Å²) < 4.78 is 5.77. The van der Waals surface area contributed by atoms with Crippen molar-refractivity contribution < 1.29 is 4.42 Å². The van der Waals surface area contributed by atoms with Gasteiger partial charge in [0.05, 0.1) is 0 Å². The van der Waals surface area contributed by atoms with E-state index in [2.05, 4.69) is 38.7 Å². The second-order valence-electron chi connectivity index (χ2n) is 4.54. The van der Waals surface area contributed by atoms with Crippen molar-refractivity contribution >= 4 is 22.9 Å². The molecule has 2 aromatic heterocycles. The summed E-state index contributed by atoms with van der Waals surface area (Å²) in [7, 11) is 0. The number of hydrogen-bond acceptors (Lipinski definition) is 3. The first-order chi connectivity index (χ1) is 7.56. The molecule has 0 amide bonds. The van der Waals surface area contributed by atoms with E-state index in [0.717, 1.165) is 16.2 Å². The third-order valence-electron chi connectivity index (χ3n) is 2.39. The van der Waals surface area contributed by atoms with E-state index < -0.39 is 0 Å². The molecule has 0 aliphatic carbocycles. The van der Waals surface area contributed by atoms with Gasteiger partial charge < -0.3 is 4.42 Å². The molecule has 0 spiro atoms. The second kappa shape index (κ2) is 4.50. The Morgan fingerprint density at radius 3 is 2.56 bits per heavy atom. The van der Waals surface area contributed by atoms with E-state index in [1.807, 2.05) is 12.3 Å². The van der Waals surface area contributed by atoms with Crippen LogP contribution in [0.3, 0.4) is 0 Å². The minimum absolute atomic E-state index is 0.489. The first kappa shape index (κ1) is 11.5. The lowest BCUT2D eigenvalue weighted by molar-refractivity contribution is 0.513. The fourth-order valence-electron chi connectivity index (χ4n) is 1.52. The minimum Gasteiger partial charge on any atom is -0.448 e. The Kier molecular flexibility index (Phi) is 3.24. The van der Waals surface area contributed by atoms with Crippen LogP contribution in [0.25, 0.3) is 11.1 Å². The van der Waals surface area contributed by atoms with Crippen LogP contribution in [0, 0.1) is 0 Å². The molecule has 3 heteroatoms. The van der Waals surface area contributed by atoms with Gasteiger partial charge in [-0.1, -0.05) is 39.5 Å². The van der Waals surface area contributed by atoms with Crippen molar-refractivity contribution in [2.24, 2.45) is 0 Å². The van der Waals surface area contributed by atoms with E-state index in [1.165, 1.54) is 5.56 Å². The Hall–Kier alpha value is -0.960. The number of furan rings is 1. The highest BCUT2D eigenvalue weighted by atomic mass is 32.2. The zero-order chi connectivity index (χ0) is 11.7. The SMILES string of the molecule is CC(C)Sc1cc2ncc(C(C)C)cc2o1. The van der Waals surface area contributed by atoms with Crippen LogP contribution in [0.2, 0.25) is 0 Å². The van der Waals surface area contributed by atoms with Crippen molar-refractivity contribution in [2.45, 2.75) is 44.0 Å². The maximum absolute atomic E-state index is 5.77. The highest BCUT2D eigenvalue weighted by Gasteiger charge is 2.09. The maximum atomic E-state index is 5.77. The van der Waals surface area contributed by atoms with Crippen molar-refractivity contribution in [1.29, 1.82) is 0 Å². The highest BCUT2D eigenvalue weighted by molar-refractivity contribution is 7.99. The summed E-state index contributed by atoms with van der Waals surface area (Å²) in [5.74, 6) is 0.489. The Balaban J connectivity index is 2.38. The standard InChI is InChI=1S/C13H17NOS/c1-8(2)10-5-12-11(14-7-10)6-13(15-12)16-9(3)4/h5-9H,1-4H3. The number of thioether (sulfide) groups is 1. The van der Waals surface area contributed by atoms with Gasteiger partial charge in [-0.2, -0.15) is 0 Å². The van der Waals surface area contributed by atoms with Gasteiger partial charge in [-0.25, -0.2) is 0 Å². The molecule has 86 valence electrons. The van der Waals surface area contributed by atoms with Crippen molar-refractivity contribution in [1.82, 2.24) is 4.98 Å². The third kappa shape index (κ3) is 2.40. The summed E-state index contributed by atoms with van der Waals surface area (Å²) >= 11 is 1.73. The van der Waals surface area contributed by atoms with Crippen LogP contribution >= 0.6 is 11.8 Å². The molecular weight excluding hydrogens is 218 g/mol. The number of pyridine rings is 1. The predicted molar refractivity (Wildman–Crippen MR) is 69.1 cm³/mol. The lowest BCUT2D eigenvalue weighted by Gasteiger charge is -2.02. The first-order valence-corrected chi connectivity index (χ1v) is 6.50. The first-order valence-electron chi connectivity index (χ1n) is 5.62. The summed E-state index contributed by atoms with van der Waals surface area (Å²) in [5, 5.41) is 1.49. The molecule has 16 heavy (non-hydrogen) atoms. The second-order valence-corrected chi connectivity index (χ2v) is 6.12. The van der Waals surface area contributed by atoms with Crippen LogP contribution in [-0.2, 0) is 0 Å². The van der Waals surface area contributed by atoms with Crippen molar-refractivity contribution in [3.8, 4) is 0 Å². The number of rotatable bonds is 3. The van der Waals surface area contributed by atoms with Gasteiger partial charge in [0.2, 0.25) is 0 Å². The fourth-order valence-corrected chi connectivity index (χ4v) is 2.30. The zero-order valence-corrected chi connectivity index (χ0v) is 11.0. The molecule has 0 aliphatic rings. The molecule has 0 fully saturated rings. The van der Waals surface area contributed by atoms with E-state index in [0.29, 0.717) is 11.2 Å². The van der Waals surface area contributed by atoms with Gasteiger partial charge >= 0.3 is 0 Å². The summed E-state index contributed by atoms with van der Waals surface area (Å²) in [6, 6.07) is 4.11. The van der Waals surface area contributed by atoms with Crippen LogP contribution in [-0.4, -0.2) is 10.2 Å². The molecule has 0 aliphatic heterocycles. The van der Waals surface area contributed by atoms with Gasteiger partial charge in [0, 0.05) is 17.5 Å². The summed E-state index contributed by atoms with van der Waals surface area (Å²) in [4.78, 5) is 4.42. The molecule has 0 saturated heterocycles. The lowest BCUT2D eigenvalue weighted by Crippen LogP contribution is -1.87. The van der Waals surface area contributed by atoms with Gasteiger partial charge in [0.25, 0.3) is 0 Å². The van der Waals surface area contributed by atoms with Crippen LogP contribution in [0.4, 0.5) is 0 Å². The molecule has 0 atom stereocenters. The third-order valence-corrected chi connectivity index (χ3v) is 3.29. The Bertz CT molecular complexity index is 488. The van der Waals surface area contributed by atoms with E-state index in [-0.39, 0.29) is 0 Å². The van der Waals surface area contributed by atoms with Crippen LogP contribution < -0.4 is 0 Å². The van der Waals surface area contributed by atoms with E-state index in [9.17, 15) is 0 Å². The smallest absolute Gasteiger partial charge is 0.163 e. The molecular formula is C13H17NOS. The van der Waals surface area contributed by atoms with Crippen LogP contribution in [0.5, 0.6) is 0 Å². The molecule has 0 radical (unpaired) electrons. The Morgan fingerprint density at radius 2 is 1.94 bits per heavy atom. The molecule has 0 saturated carbocycles. The lowest BCUT2D eigenvalue weighted by atomic mass is 10.1. The van der Waals surface area contributed by atoms with E-state index >= 15 is 0 Å². The maximum Gasteiger partial charge on any atom is 0.163 e. The van der Waals surface area contributed by atoms with E-state index in [4.69, 9.17) is 4.42 Å². The zero-order valence-electron chi connectivity index (χ0n) is 10.2. The molecule has 0 unspecified atom stereocenters. The average Bonchev–Trinajstić information content (AvgIpc) is 2.56. The number of hydrogen-bond donors (Lipinski definition) is 0. The van der Waals surface area contributed by atoms with Gasteiger partial charge in [-0.15, -0.1) is 0 Å². The number of nitrogens with zero attached hydrogens (tertiary/aromatic N) is 1. The van der Waals surface area contributed by atoms with Gasteiger partial charge in [-0.05, 0) is 17.5 Å². The Morgan fingerprint density at radius 1 is 1.19 bits per heavy atom. The topological polar surface area (TPSA) is 26.0 Å². The molecule has 0 bridgehead atoms. The predicted octanol–water partition coefficient (Wildman–Crippen LogP) is 4.45. The highest BCUT2D eigenvalue weighted by Crippen LogP contribution is 2.30. The van der Waals surface area contributed by atoms with E-state index in [1.54, 1.807) is 11.8 Å². The average molecular weight is 235 g/mol. The molecule has 2 nitrogen and oxygen atoms in total. The molecule has 0 N–H and O–H groups in total. The van der Waals surface area contributed by atoms with Gasteiger partial charge in [0.1, 0.15) is 5.52 Å². The minimum atomic E-state index is 0.489. The fraction of sp³-hybridized carbons (Fsp3) is 0.462. The molecule has 0 aromatic carbocycles. The summed E-state index contributed by atoms with van der Waals surface area (Å²) in [5.41, 5.74) is 3.07. The van der Waals surface area contributed by atoms with Crippen molar-refractivity contribution in [2.75, 3.05) is 0 Å². The van der Waals surface area contributed by atoms with Crippen molar-refractivity contribution in [3.05, 3.63) is 23.9 Å². The Labute approximate surface area is 100 Å². The quantitative estimate of drug-likeness (QED) is 0.735. The van der Waals surface area contributed by atoms with Gasteiger partial charge in [0.15, 0.2) is 10.7 Å². The van der Waals surface area contributed by atoms with Crippen molar-refractivity contribution in [3.63, 3.8) is 0 Å². The molecule has 2 aromatic rings. The normalized spacial score (nSPS) is 11.9. The van der Waals surface area contributed by atoms with Crippen LogP contribution in [0.15, 0.2) is 27.8 Å². The number of aromatic nitrogens is 1.